The molecule has 1 atom stereocenters. The smallest absolute Gasteiger partial charge is 0.237 e. The van der Waals surface area contributed by atoms with Crippen molar-refractivity contribution in [2.24, 2.45) is 0 Å². The van der Waals surface area contributed by atoms with E-state index in [1.807, 2.05) is 6.92 Å². The van der Waals surface area contributed by atoms with Crippen molar-refractivity contribution < 1.29 is 9.53 Å². The number of carbonyl (C=O) groups excluding carboxylic acids is 1. The first-order valence-corrected chi connectivity index (χ1v) is 6.73. The van der Waals surface area contributed by atoms with Gasteiger partial charge in [0.05, 0.1) is 6.04 Å². The van der Waals surface area contributed by atoms with Crippen LogP contribution in [0.25, 0.3) is 0 Å². The van der Waals surface area contributed by atoms with Crippen LogP contribution in [0.2, 0.25) is 0 Å². The molecule has 1 saturated heterocycles. The van der Waals surface area contributed by atoms with Gasteiger partial charge in [0.25, 0.3) is 0 Å². The number of piperazine rings is 1. The van der Waals surface area contributed by atoms with Crippen LogP contribution in [0.5, 0.6) is 0 Å². The lowest BCUT2D eigenvalue weighted by Crippen LogP contribution is -2.63. The van der Waals surface area contributed by atoms with Crippen LogP contribution < -0.4 is 10.6 Å². The van der Waals surface area contributed by atoms with E-state index in [0.29, 0.717) is 13.2 Å². The minimum Gasteiger partial charge on any atom is -0.385 e. The molecule has 0 aliphatic carbocycles. The molecule has 0 spiro atoms. The van der Waals surface area contributed by atoms with Crippen molar-refractivity contribution >= 4 is 5.91 Å². The molecule has 106 valence electrons. The largest absolute Gasteiger partial charge is 0.385 e. The molecule has 2 N–H and O–H groups in total. The number of hydrogen-bond donors (Lipinski definition) is 2. The predicted molar refractivity (Wildman–Crippen MR) is 72.6 cm³/mol. The van der Waals surface area contributed by atoms with Crippen LogP contribution in [0.15, 0.2) is 0 Å². The second-order valence-electron chi connectivity index (χ2n) is 5.50. The highest BCUT2D eigenvalue weighted by molar-refractivity contribution is 5.81. The van der Waals surface area contributed by atoms with Gasteiger partial charge in [0.2, 0.25) is 5.91 Å². The number of ether oxygens (including phenoxy) is 1. The molecule has 0 aromatic heterocycles. The standard InChI is InChI=1S/C13H27N3O2/c1-11(12(17)15-6-5-9-18-4)16-8-7-14-10-13(16,2)3/h11,14H,5-10H2,1-4H3,(H,15,17). The summed E-state index contributed by atoms with van der Waals surface area (Å²) < 4.78 is 4.96. The van der Waals surface area contributed by atoms with E-state index in [1.54, 1.807) is 7.11 Å². The van der Waals surface area contributed by atoms with Crippen molar-refractivity contribution in [3.8, 4) is 0 Å². The highest BCUT2D eigenvalue weighted by Crippen LogP contribution is 2.19. The van der Waals surface area contributed by atoms with Crippen LogP contribution in [0.1, 0.15) is 27.2 Å². The third-order valence-electron chi connectivity index (χ3n) is 3.54. The fourth-order valence-corrected chi connectivity index (χ4v) is 2.43. The Labute approximate surface area is 110 Å². The predicted octanol–water partition coefficient (Wildman–Crippen LogP) is 0.211. The summed E-state index contributed by atoms with van der Waals surface area (Å²) in [6.07, 6.45) is 0.861. The van der Waals surface area contributed by atoms with Gasteiger partial charge in [-0.1, -0.05) is 0 Å². The Bertz CT molecular complexity index is 269. The molecule has 0 saturated carbocycles. The van der Waals surface area contributed by atoms with E-state index >= 15 is 0 Å². The van der Waals surface area contributed by atoms with Gasteiger partial charge in [-0.25, -0.2) is 0 Å². The molecule has 0 bridgehead atoms. The van der Waals surface area contributed by atoms with Crippen LogP contribution in [0, 0.1) is 0 Å². The van der Waals surface area contributed by atoms with E-state index in [-0.39, 0.29) is 17.5 Å². The first-order valence-electron chi connectivity index (χ1n) is 6.73. The summed E-state index contributed by atoms with van der Waals surface area (Å²) in [6, 6.07) is -0.0790. The lowest BCUT2D eigenvalue weighted by Gasteiger charge is -2.45. The highest BCUT2D eigenvalue weighted by atomic mass is 16.5. The SMILES string of the molecule is COCCCNC(=O)C(C)N1CCNCC1(C)C. The summed E-state index contributed by atoms with van der Waals surface area (Å²) in [5.41, 5.74) is 0.0293. The normalized spacial score (nSPS) is 21.6. The zero-order valence-corrected chi connectivity index (χ0v) is 12.1. The van der Waals surface area contributed by atoms with Crippen LogP contribution >= 0.6 is 0 Å². The van der Waals surface area contributed by atoms with Gasteiger partial charge in [0.1, 0.15) is 0 Å². The zero-order chi connectivity index (χ0) is 13.6. The van der Waals surface area contributed by atoms with Crippen molar-refractivity contribution in [1.29, 1.82) is 0 Å². The van der Waals surface area contributed by atoms with Gasteiger partial charge in [0.15, 0.2) is 0 Å². The Morgan fingerprint density at radius 3 is 2.89 bits per heavy atom. The number of nitrogens with one attached hydrogen (secondary N) is 2. The van der Waals surface area contributed by atoms with Gasteiger partial charge < -0.3 is 15.4 Å². The Kier molecular flexibility index (Phi) is 6.05. The molecule has 0 radical (unpaired) electrons. The summed E-state index contributed by atoms with van der Waals surface area (Å²) >= 11 is 0. The highest BCUT2D eigenvalue weighted by Gasteiger charge is 2.35. The Morgan fingerprint density at radius 2 is 2.28 bits per heavy atom. The average molecular weight is 257 g/mol. The fourth-order valence-electron chi connectivity index (χ4n) is 2.43. The minimum absolute atomic E-state index is 0.0293. The van der Waals surface area contributed by atoms with Gasteiger partial charge >= 0.3 is 0 Å². The number of hydrogen-bond acceptors (Lipinski definition) is 4. The maximum absolute atomic E-state index is 12.1. The van der Waals surface area contributed by atoms with Crippen LogP contribution in [-0.2, 0) is 9.53 Å². The average Bonchev–Trinajstić information content (AvgIpc) is 2.33. The molecule has 1 aliphatic rings. The summed E-state index contributed by atoms with van der Waals surface area (Å²) in [5, 5.41) is 6.34. The number of rotatable bonds is 6. The molecule has 0 aromatic carbocycles. The molecule has 18 heavy (non-hydrogen) atoms. The van der Waals surface area contributed by atoms with Crippen molar-refractivity contribution in [3.63, 3.8) is 0 Å². The van der Waals surface area contributed by atoms with Gasteiger partial charge in [-0.3, -0.25) is 9.69 Å². The topological polar surface area (TPSA) is 53.6 Å². The van der Waals surface area contributed by atoms with Gasteiger partial charge in [-0.2, -0.15) is 0 Å². The quantitative estimate of drug-likeness (QED) is 0.668. The number of methoxy groups -OCH3 is 1. The Morgan fingerprint density at radius 1 is 1.56 bits per heavy atom. The monoisotopic (exact) mass is 257 g/mol. The van der Waals surface area contributed by atoms with Crippen molar-refractivity contribution in [1.82, 2.24) is 15.5 Å². The lowest BCUT2D eigenvalue weighted by atomic mass is 9.97. The third-order valence-corrected chi connectivity index (χ3v) is 3.54. The zero-order valence-electron chi connectivity index (χ0n) is 12.1. The first-order chi connectivity index (χ1) is 8.49. The van der Waals surface area contributed by atoms with Crippen LogP contribution in [0.4, 0.5) is 0 Å². The second-order valence-corrected chi connectivity index (χ2v) is 5.50. The third kappa shape index (κ3) is 4.23. The van der Waals surface area contributed by atoms with E-state index in [4.69, 9.17) is 4.74 Å². The fraction of sp³-hybridized carbons (Fsp3) is 0.923. The molecule has 5 nitrogen and oxygen atoms in total. The number of nitrogens with zero attached hydrogens (tertiary/aromatic N) is 1. The second kappa shape index (κ2) is 7.07. The Balaban J connectivity index is 2.41. The summed E-state index contributed by atoms with van der Waals surface area (Å²) in [5.74, 6) is 0.112. The molecule has 1 amide bonds. The van der Waals surface area contributed by atoms with Gasteiger partial charge in [0, 0.05) is 45.4 Å². The maximum Gasteiger partial charge on any atom is 0.237 e. The van der Waals surface area contributed by atoms with E-state index in [9.17, 15) is 4.79 Å². The molecule has 1 aliphatic heterocycles. The Hall–Kier alpha value is -0.650. The summed E-state index contributed by atoms with van der Waals surface area (Å²) in [7, 11) is 1.67. The van der Waals surface area contributed by atoms with Crippen LogP contribution in [-0.4, -0.2) is 62.3 Å². The van der Waals surface area contributed by atoms with Crippen molar-refractivity contribution in [2.45, 2.75) is 38.8 Å². The lowest BCUT2D eigenvalue weighted by molar-refractivity contribution is -0.128. The van der Waals surface area contributed by atoms with E-state index < -0.39 is 0 Å². The molecule has 0 aromatic rings. The van der Waals surface area contributed by atoms with E-state index in [2.05, 4.69) is 29.4 Å². The molecule has 1 rings (SSSR count). The summed E-state index contributed by atoms with van der Waals surface area (Å²) in [6.45, 7) is 10.5. The molecular formula is C13H27N3O2. The molecule has 1 unspecified atom stereocenters. The molecular weight excluding hydrogens is 230 g/mol. The minimum atomic E-state index is -0.0790. The molecule has 1 fully saturated rings. The molecule has 1 heterocycles. The van der Waals surface area contributed by atoms with Gasteiger partial charge in [-0.05, 0) is 27.2 Å². The maximum atomic E-state index is 12.1. The number of amides is 1. The van der Waals surface area contributed by atoms with E-state index in [1.165, 1.54) is 0 Å². The van der Waals surface area contributed by atoms with Crippen LogP contribution in [0.3, 0.4) is 0 Å². The molecule has 5 heteroatoms. The van der Waals surface area contributed by atoms with E-state index in [0.717, 1.165) is 26.1 Å². The summed E-state index contributed by atoms with van der Waals surface area (Å²) in [4.78, 5) is 14.4. The first kappa shape index (κ1) is 15.4. The van der Waals surface area contributed by atoms with Gasteiger partial charge in [-0.15, -0.1) is 0 Å². The number of carbonyl (C=O) groups is 1. The van der Waals surface area contributed by atoms with Crippen molar-refractivity contribution in [2.75, 3.05) is 39.9 Å². The van der Waals surface area contributed by atoms with Crippen molar-refractivity contribution in [3.05, 3.63) is 0 Å².